The van der Waals surface area contributed by atoms with E-state index >= 15 is 0 Å². The molecule has 0 spiro atoms. The highest BCUT2D eigenvalue weighted by molar-refractivity contribution is 7.98. The van der Waals surface area contributed by atoms with Crippen LogP contribution in [0.3, 0.4) is 0 Å². The molecule has 0 aliphatic carbocycles. The molecule has 0 N–H and O–H groups in total. The molecule has 0 amide bonds. The largest absolute Gasteiger partial charge is 0.287 e. The molecule has 2 aromatic heterocycles. The second-order valence-corrected chi connectivity index (χ2v) is 6.43. The fourth-order valence-electron chi connectivity index (χ4n) is 2.45. The van der Waals surface area contributed by atoms with Gasteiger partial charge in [-0.2, -0.15) is 5.10 Å². The molecule has 0 saturated heterocycles. The lowest BCUT2D eigenvalue weighted by Crippen LogP contribution is -2.23. The van der Waals surface area contributed by atoms with Crippen molar-refractivity contribution < 1.29 is 0 Å². The highest BCUT2D eigenvalue weighted by Crippen LogP contribution is 2.21. The average Bonchev–Trinajstić information content (AvgIpc) is 2.98. The minimum Gasteiger partial charge on any atom is -0.287 e. The van der Waals surface area contributed by atoms with Crippen LogP contribution in [0.15, 0.2) is 46.5 Å². The lowest BCUT2D eigenvalue weighted by atomic mass is 10.2. The number of fused-ring (bicyclic) bond motifs is 1. The molecule has 2 heterocycles. The second-order valence-electron chi connectivity index (χ2n) is 5.49. The Morgan fingerprint density at radius 1 is 1.22 bits per heavy atom. The van der Waals surface area contributed by atoms with Gasteiger partial charge in [0.15, 0.2) is 5.16 Å². The van der Waals surface area contributed by atoms with E-state index in [0.29, 0.717) is 17.7 Å². The average molecular weight is 328 g/mol. The fraction of sp³-hybridized carbons (Fsp3) is 0.353. The van der Waals surface area contributed by atoms with E-state index in [0.717, 1.165) is 29.2 Å². The number of nitrogens with zero attached hydrogens (tertiary/aromatic N) is 4. The Morgan fingerprint density at radius 2 is 2.04 bits per heavy atom. The summed E-state index contributed by atoms with van der Waals surface area (Å²) < 4.78 is 3.59. The topological polar surface area (TPSA) is 52.7 Å². The Morgan fingerprint density at radius 3 is 2.78 bits per heavy atom. The molecule has 0 fully saturated rings. The predicted octanol–water partition coefficient (Wildman–Crippen LogP) is 3.22. The molecule has 120 valence electrons. The van der Waals surface area contributed by atoms with Gasteiger partial charge in [0.25, 0.3) is 5.56 Å². The number of para-hydroxylation sites is 1. The van der Waals surface area contributed by atoms with Gasteiger partial charge < -0.3 is 0 Å². The molecule has 0 aliphatic heterocycles. The second kappa shape index (κ2) is 7.00. The third-order valence-corrected chi connectivity index (χ3v) is 4.69. The van der Waals surface area contributed by atoms with Crippen LogP contribution >= 0.6 is 11.8 Å². The molecular weight excluding hydrogens is 308 g/mol. The Labute approximate surface area is 139 Å². The first kappa shape index (κ1) is 15.8. The van der Waals surface area contributed by atoms with Crippen LogP contribution in [-0.2, 0) is 19.3 Å². The number of hydrogen-bond acceptors (Lipinski definition) is 4. The van der Waals surface area contributed by atoms with Crippen molar-refractivity contribution in [3.8, 4) is 0 Å². The molecular formula is C17H20N4OS. The maximum atomic E-state index is 12.8. The monoisotopic (exact) mass is 328 g/mol. The van der Waals surface area contributed by atoms with Gasteiger partial charge in [-0.15, -0.1) is 0 Å². The van der Waals surface area contributed by atoms with Crippen molar-refractivity contribution in [2.75, 3.05) is 0 Å². The molecule has 23 heavy (non-hydrogen) atoms. The molecule has 3 rings (SSSR count). The molecule has 1 aromatic carbocycles. The van der Waals surface area contributed by atoms with Gasteiger partial charge in [0.05, 0.1) is 16.6 Å². The van der Waals surface area contributed by atoms with Gasteiger partial charge in [-0.1, -0.05) is 37.2 Å². The van der Waals surface area contributed by atoms with Crippen molar-refractivity contribution in [3.05, 3.63) is 52.6 Å². The molecule has 0 radical (unpaired) electrons. The summed E-state index contributed by atoms with van der Waals surface area (Å²) in [7, 11) is 1.90. The first-order valence-corrected chi connectivity index (χ1v) is 8.78. The van der Waals surface area contributed by atoms with Crippen molar-refractivity contribution in [2.24, 2.45) is 7.05 Å². The van der Waals surface area contributed by atoms with E-state index in [9.17, 15) is 4.79 Å². The fourth-order valence-corrected chi connectivity index (χ4v) is 3.37. The van der Waals surface area contributed by atoms with Crippen LogP contribution in [0.2, 0.25) is 0 Å². The van der Waals surface area contributed by atoms with Crippen molar-refractivity contribution in [1.82, 2.24) is 19.3 Å². The van der Waals surface area contributed by atoms with Gasteiger partial charge >= 0.3 is 0 Å². The number of unbranched alkanes of at least 4 members (excludes halogenated alkanes) is 1. The van der Waals surface area contributed by atoms with Crippen LogP contribution in [0.1, 0.15) is 25.5 Å². The van der Waals surface area contributed by atoms with Crippen LogP contribution in [-0.4, -0.2) is 19.3 Å². The van der Waals surface area contributed by atoms with Crippen LogP contribution < -0.4 is 5.56 Å². The van der Waals surface area contributed by atoms with E-state index < -0.39 is 0 Å². The van der Waals surface area contributed by atoms with E-state index in [4.69, 9.17) is 4.98 Å². The maximum absolute atomic E-state index is 12.8. The van der Waals surface area contributed by atoms with E-state index in [-0.39, 0.29) is 5.56 Å². The molecule has 0 saturated carbocycles. The van der Waals surface area contributed by atoms with E-state index in [1.54, 1.807) is 21.0 Å². The van der Waals surface area contributed by atoms with Gasteiger partial charge in [-0.25, -0.2) is 4.98 Å². The van der Waals surface area contributed by atoms with Gasteiger partial charge in [0.2, 0.25) is 0 Å². The molecule has 0 bridgehead atoms. The molecule has 0 aliphatic rings. The lowest BCUT2D eigenvalue weighted by molar-refractivity contribution is 0.557. The van der Waals surface area contributed by atoms with Gasteiger partial charge in [-0.05, 0) is 24.6 Å². The third kappa shape index (κ3) is 3.47. The standard InChI is InChI=1S/C17H20N4OS/c1-3-4-10-21-16(22)14-7-5-6-8-15(14)18-17(21)23-12-13-9-11-20(2)19-13/h5-9,11H,3-4,10,12H2,1-2H3. The van der Waals surface area contributed by atoms with E-state index in [1.807, 2.05) is 43.6 Å². The van der Waals surface area contributed by atoms with Crippen LogP contribution in [0.25, 0.3) is 10.9 Å². The van der Waals surface area contributed by atoms with Crippen LogP contribution in [0.4, 0.5) is 0 Å². The first-order valence-electron chi connectivity index (χ1n) is 7.80. The number of benzene rings is 1. The van der Waals surface area contributed by atoms with Crippen molar-refractivity contribution >= 4 is 22.7 Å². The van der Waals surface area contributed by atoms with Crippen molar-refractivity contribution in [3.63, 3.8) is 0 Å². The lowest BCUT2D eigenvalue weighted by Gasteiger charge is -2.12. The molecule has 0 unspecified atom stereocenters. The highest BCUT2D eigenvalue weighted by atomic mass is 32.2. The Balaban J connectivity index is 1.97. The summed E-state index contributed by atoms with van der Waals surface area (Å²) in [5.41, 5.74) is 1.79. The Kier molecular flexibility index (Phi) is 4.81. The minimum atomic E-state index is 0.0487. The smallest absolute Gasteiger partial charge is 0.262 e. The number of aryl methyl sites for hydroxylation is 1. The number of aromatic nitrogens is 4. The zero-order chi connectivity index (χ0) is 16.2. The Bertz CT molecular complexity index is 868. The molecule has 5 nitrogen and oxygen atoms in total. The molecule has 3 aromatic rings. The number of rotatable bonds is 6. The summed E-state index contributed by atoms with van der Waals surface area (Å²) in [4.78, 5) is 17.5. The SMILES string of the molecule is CCCCn1c(SCc2ccn(C)n2)nc2ccccc2c1=O. The molecule has 0 atom stereocenters. The van der Waals surface area contributed by atoms with Gasteiger partial charge in [0.1, 0.15) is 0 Å². The summed E-state index contributed by atoms with van der Waals surface area (Å²) in [5, 5.41) is 5.84. The number of thioether (sulfide) groups is 1. The zero-order valence-corrected chi connectivity index (χ0v) is 14.2. The zero-order valence-electron chi connectivity index (χ0n) is 13.4. The first-order chi connectivity index (χ1) is 11.2. The summed E-state index contributed by atoms with van der Waals surface area (Å²) in [5.74, 6) is 0.706. The van der Waals surface area contributed by atoms with Gasteiger partial charge in [-0.3, -0.25) is 14.0 Å². The molecule has 6 heteroatoms. The number of hydrogen-bond donors (Lipinski definition) is 0. The van der Waals surface area contributed by atoms with E-state index in [1.165, 1.54) is 0 Å². The predicted molar refractivity (Wildman–Crippen MR) is 93.7 cm³/mol. The summed E-state index contributed by atoms with van der Waals surface area (Å²) >= 11 is 1.57. The summed E-state index contributed by atoms with van der Waals surface area (Å²) in [6.45, 7) is 2.83. The highest BCUT2D eigenvalue weighted by Gasteiger charge is 2.11. The van der Waals surface area contributed by atoms with Crippen LogP contribution in [0, 0.1) is 0 Å². The van der Waals surface area contributed by atoms with Crippen LogP contribution in [0.5, 0.6) is 0 Å². The normalized spacial score (nSPS) is 11.2. The minimum absolute atomic E-state index is 0.0487. The van der Waals surface area contributed by atoms with Crippen molar-refractivity contribution in [1.29, 1.82) is 0 Å². The summed E-state index contributed by atoms with van der Waals surface area (Å²) in [6.07, 6.45) is 3.94. The van der Waals surface area contributed by atoms with Crippen molar-refractivity contribution in [2.45, 2.75) is 37.2 Å². The maximum Gasteiger partial charge on any atom is 0.262 e. The quantitative estimate of drug-likeness (QED) is 0.515. The van der Waals surface area contributed by atoms with E-state index in [2.05, 4.69) is 12.0 Å². The van der Waals surface area contributed by atoms with Gasteiger partial charge in [0, 0.05) is 25.5 Å². The Hall–Kier alpha value is -2.08. The third-order valence-electron chi connectivity index (χ3n) is 3.68. The summed E-state index contributed by atoms with van der Waals surface area (Å²) in [6, 6.07) is 9.53.